The van der Waals surface area contributed by atoms with Crippen LogP contribution in [0.5, 0.6) is 0 Å². The third kappa shape index (κ3) is 2.65. The van der Waals surface area contributed by atoms with E-state index in [-0.39, 0.29) is 0 Å². The summed E-state index contributed by atoms with van der Waals surface area (Å²) < 4.78 is 11.5. The van der Waals surface area contributed by atoms with E-state index in [1.807, 2.05) is 0 Å². The maximum absolute atomic E-state index is 5.84. The molecule has 0 N–H and O–H groups in total. The molecule has 1 heterocycles. The summed E-state index contributed by atoms with van der Waals surface area (Å²) in [6.07, 6.45) is 0.690. The van der Waals surface area contributed by atoms with E-state index in [2.05, 4.69) is 38.1 Å². The van der Waals surface area contributed by atoms with Crippen LogP contribution in [0.4, 0.5) is 0 Å². The standard InChI is InChI=1S/C14H19ClO2/c1-11(2)12-3-5-13(6-4-12)14(7-8-15)16-9-10-17-14/h3-6,11H,7-10H2,1-2H3. The second-order valence-corrected chi connectivity index (χ2v) is 5.04. The highest BCUT2D eigenvalue weighted by atomic mass is 35.5. The van der Waals surface area contributed by atoms with Crippen LogP contribution in [0.1, 0.15) is 37.3 Å². The summed E-state index contributed by atoms with van der Waals surface area (Å²) in [6.45, 7) is 5.66. The Labute approximate surface area is 108 Å². The minimum Gasteiger partial charge on any atom is -0.343 e. The van der Waals surface area contributed by atoms with Crippen LogP contribution < -0.4 is 0 Å². The predicted molar refractivity (Wildman–Crippen MR) is 69.5 cm³/mol. The number of hydrogen-bond donors (Lipinski definition) is 0. The molecule has 1 aromatic carbocycles. The SMILES string of the molecule is CC(C)c1ccc(C2(CCCl)OCCO2)cc1. The van der Waals surface area contributed by atoms with Gasteiger partial charge < -0.3 is 9.47 Å². The zero-order chi connectivity index (χ0) is 12.3. The molecule has 0 atom stereocenters. The lowest BCUT2D eigenvalue weighted by Crippen LogP contribution is -2.27. The summed E-state index contributed by atoms with van der Waals surface area (Å²) in [6, 6.07) is 8.46. The van der Waals surface area contributed by atoms with Gasteiger partial charge >= 0.3 is 0 Å². The second-order valence-electron chi connectivity index (χ2n) is 4.67. The molecule has 0 spiro atoms. The smallest absolute Gasteiger partial charge is 0.196 e. The molecular weight excluding hydrogens is 236 g/mol. The van der Waals surface area contributed by atoms with E-state index < -0.39 is 5.79 Å². The van der Waals surface area contributed by atoms with Gasteiger partial charge in [0.05, 0.1) is 13.2 Å². The molecule has 2 rings (SSSR count). The van der Waals surface area contributed by atoms with Crippen molar-refractivity contribution in [3.05, 3.63) is 35.4 Å². The Morgan fingerprint density at radius 3 is 2.24 bits per heavy atom. The van der Waals surface area contributed by atoms with Crippen molar-refractivity contribution in [2.24, 2.45) is 0 Å². The van der Waals surface area contributed by atoms with E-state index in [1.165, 1.54) is 5.56 Å². The van der Waals surface area contributed by atoms with Gasteiger partial charge in [-0.25, -0.2) is 0 Å². The number of benzene rings is 1. The fourth-order valence-corrected chi connectivity index (χ4v) is 2.41. The van der Waals surface area contributed by atoms with E-state index >= 15 is 0 Å². The number of ether oxygens (including phenoxy) is 2. The first kappa shape index (κ1) is 12.9. The topological polar surface area (TPSA) is 18.5 Å². The van der Waals surface area contributed by atoms with E-state index in [0.717, 1.165) is 5.56 Å². The van der Waals surface area contributed by atoms with Crippen molar-refractivity contribution in [3.8, 4) is 0 Å². The first-order valence-corrected chi connectivity index (χ1v) is 6.66. The predicted octanol–water partition coefficient (Wildman–Crippen LogP) is 3.64. The highest BCUT2D eigenvalue weighted by Crippen LogP contribution is 2.35. The van der Waals surface area contributed by atoms with Crippen LogP contribution in [-0.2, 0) is 15.3 Å². The molecule has 1 aromatic rings. The van der Waals surface area contributed by atoms with E-state index in [9.17, 15) is 0 Å². The first-order valence-electron chi connectivity index (χ1n) is 6.12. The molecule has 0 radical (unpaired) electrons. The number of halogens is 1. The molecule has 0 amide bonds. The summed E-state index contributed by atoms with van der Waals surface area (Å²) in [4.78, 5) is 0. The third-order valence-electron chi connectivity index (χ3n) is 3.19. The number of rotatable bonds is 4. The maximum Gasteiger partial charge on any atom is 0.196 e. The molecule has 1 saturated heterocycles. The molecule has 0 aromatic heterocycles. The van der Waals surface area contributed by atoms with Crippen molar-refractivity contribution in [2.75, 3.05) is 19.1 Å². The zero-order valence-corrected chi connectivity index (χ0v) is 11.2. The highest BCUT2D eigenvalue weighted by molar-refractivity contribution is 6.17. The van der Waals surface area contributed by atoms with Gasteiger partial charge in [-0.15, -0.1) is 11.6 Å². The van der Waals surface area contributed by atoms with Crippen molar-refractivity contribution in [1.29, 1.82) is 0 Å². The van der Waals surface area contributed by atoms with Crippen LogP contribution in [0, 0.1) is 0 Å². The van der Waals surface area contributed by atoms with Gasteiger partial charge in [-0.2, -0.15) is 0 Å². The summed E-state index contributed by atoms with van der Waals surface area (Å²) in [5.74, 6) is 0.460. The van der Waals surface area contributed by atoms with Crippen LogP contribution in [-0.4, -0.2) is 19.1 Å². The normalized spacial score (nSPS) is 18.8. The Balaban J connectivity index is 2.24. The van der Waals surface area contributed by atoms with Crippen LogP contribution in [0.15, 0.2) is 24.3 Å². The number of alkyl halides is 1. The fraction of sp³-hybridized carbons (Fsp3) is 0.571. The van der Waals surface area contributed by atoms with Gasteiger partial charge in [0.2, 0.25) is 0 Å². The van der Waals surface area contributed by atoms with Crippen molar-refractivity contribution >= 4 is 11.6 Å². The van der Waals surface area contributed by atoms with Gasteiger partial charge in [0.15, 0.2) is 5.79 Å². The van der Waals surface area contributed by atoms with Gasteiger partial charge in [-0.05, 0) is 11.5 Å². The third-order valence-corrected chi connectivity index (χ3v) is 3.38. The molecule has 0 unspecified atom stereocenters. The van der Waals surface area contributed by atoms with Gasteiger partial charge in [-0.1, -0.05) is 38.1 Å². The van der Waals surface area contributed by atoms with Gasteiger partial charge in [0.1, 0.15) is 0 Å². The van der Waals surface area contributed by atoms with E-state index in [0.29, 0.717) is 31.4 Å². The Bertz CT molecular complexity index is 353. The molecule has 1 aliphatic rings. The molecule has 1 fully saturated rings. The molecule has 17 heavy (non-hydrogen) atoms. The highest BCUT2D eigenvalue weighted by Gasteiger charge is 2.37. The molecule has 94 valence electrons. The Morgan fingerprint density at radius 1 is 1.18 bits per heavy atom. The van der Waals surface area contributed by atoms with E-state index in [1.54, 1.807) is 0 Å². The Kier molecular flexibility index (Phi) is 4.08. The van der Waals surface area contributed by atoms with Crippen molar-refractivity contribution in [1.82, 2.24) is 0 Å². The van der Waals surface area contributed by atoms with Crippen LogP contribution >= 0.6 is 11.6 Å². The van der Waals surface area contributed by atoms with Gasteiger partial charge in [0, 0.05) is 17.9 Å². The lowest BCUT2D eigenvalue weighted by Gasteiger charge is -2.27. The molecule has 2 nitrogen and oxygen atoms in total. The second kappa shape index (κ2) is 5.38. The average Bonchev–Trinajstić information content (AvgIpc) is 2.79. The van der Waals surface area contributed by atoms with Crippen molar-refractivity contribution in [3.63, 3.8) is 0 Å². The van der Waals surface area contributed by atoms with Gasteiger partial charge in [-0.3, -0.25) is 0 Å². The molecule has 3 heteroatoms. The summed E-state index contributed by atoms with van der Waals surface area (Å²) >= 11 is 5.84. The lowest BCUT2D eigenvalue weighted by atomic mass is 9.97. The quantitative estimate of drug-likeness (QED) is 0.764. The summed E-state index contributed by atoms with van der Waals surface area (Å²) in [5, 5.41) is 0. The lowest BCUT2D eigenvalue weighted by molar-refractivity contribution is -0.166. The average molecular weight is 255 g/mol. The minimum atomic E-state index is -0.614. The van der Waals surface area contributed by atoms with Crippen molar-refractivity contribution in [2.45, 2.75) is 32.0 Å². The molecule has 0 bridgehead atoms. The molecule has 1 aliphatic heterocycles. The van der Waals surface area contributed by atoms with Crippen LogP contribution in [0.3, 0.4) is 0 Å². The van der Waals surface area contributed by atoms with E-state index in [4.69, 9.17) is 21.1 Å². The van der Waals surface area contributed by atoms with Crippen LogP contribution in [0.2, 0.25) is 0 Å². The molecule has 0 aliphatic carbocycles. The molecular formula is C14H19ClO2. The Hall–Kier alpha value is -0.570. The Morgan fingerprint density at radius 2 is 1.76 bits per heavy atom. The number of hydrogen-bond acceptors (Lipinski definition) is 2. The van der Waals surface area contributed by atoms with Gasteiger partial charge in [0.25, 0.3) is 0 Å². The largest absolute Gasteiger partial charge is 0.343 e. The van der Waals surface area contributed by atoms with Crippen LogP contribution in [0.25, 0.3) is 0 Å². The summed E-state index contributed by atoms with van der Waals surface area (Å²) in [5.41, 5.74) is 2.40. The minimum absolute atomic E-state index is 0.534. The summed E-state index contributed by atoms with van der Waals surface area (Å²) in [7, 11) is 0. The zero-order valence-electron chi connectivity index (χ0n) is 10.4. The fourth-order valence-electron chi connectivity index (χ4n) is 2.16. The molecule has 0 saturated carbocycles. The maximum atomic E-state index is 5.84. The first-order chi connectivity index (χ1) is 8.18. The van der Waals surface area contributed by atoms with Crippen molar-refractivity contribution < 1.29 is 9.47 Å². The monoisotopic (exact) mass is 254 g/mol.